The summed E-state index contributed by atoms with van der Waals surface area (Å²) in [4.78, 5) is 5.46. The van der Waals surface area contributed by atoms with Gasteiger partial charge in [-0.15, -0.1) is 0 Å². The molecule has 2 aliphatic heterocycles. The lowest BCUT2D eigenvalue weighted by atomic mass is 9.95. The molecule has 2 saturated heterocycles. The Labute approximate surface area is 101 Å². The quantitative estimate of drug-likeness (QED) is 0.711. The summed E-state index contributed by atoms with van der Waals surface area (Å²) in [5.41, 5.74) is 0.444. The smallest absolute Gasteiger partial charge is 0.0229 e. The Kier molecular flexibility index (Phi) is 3.33. The maximum atomic E-state index is 2.76. The van der Waals surface area contributed by atoms with E-state index in [1.807, 2.05) is 0 Å². The first-order valence-corrected chi connectivity index (χ1v) is 6.86. The SMILES string of the molecule is CC(C)N1C2CCC1CN(CC(C)(C)C)C2. The van der Waals surface area contributed by atoms with Crippen molar-refractivity contribution in [2.45, 2.75) is 65.6 Å². The Morgan fingerprint density at radius 2 is 1.56 bits per heavy atom. The molecule has 2 bridgehead atoms. The van der Waals surface area contributed by atoms with E-state index >= 15 is 0 Å². The summed E-state index contributed by atoms with van der Waals surface area (Å²) in [5.74, 6) is 0. The third-order valence-corrected chi connectivity index (χ3v) is 3.91. The molecule has 0 aromatic heterocycles. The van der Waals surface area contributed by atoms with Crippen LogP contribution in [0.1, 0.15) is 47.5 Å². The average Bonchev–Trinajstić information content (AvgIpc) is 2.36. The van der Waals surface area contributed by atoms with E-state index in [1.165, 1.54) is 32.5 Å². The lowest BCUT2D eigenvalue weighted by molar-refractivity contribution is 0.0289. The van der Waals surface area contributed by atoms with Gasteiger partial charge >= 0.3 is 0 Å². The summed E-state index contributed by atoms with van der Waals surface area (Å²) in [7, 11) is 0. The largest absolute Gasteiger partial charge is 0.300 e. The van der Waals surface area contributed by atoms with Crippen molar-refractivity contribution in [2.24, 2.45) is 5.41 Å². The molecule has 0 aromatic rings. The van der Waals surface area contributed by atoms with Crippen molar-refractivity contribution in [1.29, 1.82) is 0 Å². The van der Waals surface area contributed by atoms with E-state index in [1.54, 1.807) is 0 Å². The van der Waals surface area contributed by atoms with Gasteiger partial charge in [0.2, 0.25) is 0 Å². The number of piperazine rings is 1. The number of nitrogens with zero attached hydrogens (tertiary/aromatic N) is 2. The molecule has 0 saturated carbocycles. The highest BCUT2D eigenvalue weighted by atomic mass is 15.3. The van der Waals surface area contributed by atoms with Gasteiger partial charge in [-0.3, -0.25) is 9.80 Å². The molecule has 2 fully saturated rings. The Bertz CT molecular complexity index is 228. The summed E-state index contributed by atoms with van der Waals surface area (Å²) in [6, 6.07) is 2.40. The highest BCUT2D eigenvalue weighted by molar-refractivity contribution is 4.97. The van der Waals surface area contributed by atoms with Gasteiger partial charge in [-0.1, -0.05) is 20.8 Å². The van der Waals surface area contributed by atoms with Gasteiger partial charge in [0.25, 0.3) is 0 Å². The van der Waals surface area contributed by atoms with Crippen molar-refractivity contribution < 1.29 is 0 Å². The predicted octanol–water partition coefficient (Wildman–Crippen LogP) is 2.59. The van der Waals surface area contributed by atoms with Crippen molar-refractivity contribution in [3.05, 3.63) is 0 Å². The number of likely N-dealkylation sites (tertiary alicyclic amines) is 1. The fraction of sp³-hybridized carbons (Fsp3) is 1.00. The lowest BCUT2D eigenvalue weighted by Crippen LogP contribution is -2.57. The van der Waals surface area contributed by atoms with E-state index in [2.05, 4.69) is 44.4 Å². The Morgan fingerprint density at radius 3 is 1.94 bits per heavy atom. The molecule has 0 amide bonds. The Hall–Kier alpha value is -0.0800. The van der Waals surface area contributed by atoms with Crippen LogP contribution < -0.4 is 0 Å². The molecule has 2 nitrogen and oxygen atoms in total. The second kappa shape index (κ2) is 4.30. The van der Waals surface area contributed by atoms with Crippen LogP contribution in [0.15, 0.2) is 0 Å². The first kappa shape index (κ1) is 12.4. The minimum atomic E-state index is 0.444. The number of hydrogen-bond acceptors (Lipinski definition) is 2. The van der Waals surface area contributed by atoms with E-state index in [9.17, 15) is 0 Å². The van der Waals surface area contributed by atoms with Gasteiger partial charge in [-0.05, 0) is 32.1 Å². The fourth-order valence-corrected chi connectivity index (χ4v) is 3.67. The fourth-order valence-electron chi connectivity index (χ4n) is 3.67. The zero-order chi connectivity index (χ0) is 11.9. The third kappa shape index (κ3) is 2.60. The summed E-state index contributed by atoms with van der Waals surface area (Å²) >= 11 is 0. The summed E-state index contributed by atoms with van der Waals surface area (Å²) in [6.07, 6.45) is 2.84. The summed E-state index contributed by atoms with van der Waals surface area (Å²) in [6.45, 7) is 15.6. The van der Waals surface area contributed by atoms with Crippen LogP contribution in [0.25, 0.3) is 0 Å². The minimum Gasteiger partial charge on any atom is -0.300 e. The van der Waals surface area contributed by atoms with Crippen LogP contribution in [-0.4, -0.2) is 47.6 Å². The van der Waals surface area contributed by atoms with Gasteiger partial charge in [0.05, 0.1) is 0 Å². The Morgan fingerprint density at radius 1 is 1.06 bits per heavy atom. The van der Waals surface area contributed by atoms with Gasteiger partial charge < -0.3 is 0 Å². The van der Waals surface area contributed by atoms with Crippen LogP contribution >= 0.6 is 0 Å². The molecule has 94 valence electrons. The molecule has 2 heteroatoms. The van der Waals surface area contributed by atoms with Crippen molar-refractivity contribution >= 4 is 0 Å². The van der Waals surface area contributed by atoms with Crippen molar-refractivity contribution in [2.75, 3.05) is 19.6 Å². The molecule has 0 N–H and O–H groups in total. The van der Waals surface area contributed by atoms with Crippen molar-refractivity contribution in [3.63, 3.8) is 0 Å². The van der Waals surface area contributed by atoms with Crippen LogP contribution in [0.5, 0.6) is 0 Å². The van der Waals surface area contributed by atoms with Gasteiger partial charge in [0.15, 0.2) is 0 Å². The van der Waals surface area contributed by atoms with Crippen LogP contribution in [0.3, 0.4) is 0 Å². The van der Waals surface area contributed by atoms with Crippen molar-refractivity contribution in [1.82, 2.24) is 9.80 Å². The second-order valence-corrected chi connectivity index (χ2v) is 7.18. The first-order valence-electron chi connectivity index (χ1n) is 6.86. The third-order valence-electron chi connectivity index (χ3n) is 3.91. The van der Waals surface area contributed by atoms with Crippen molar-refractivity contribution in [3.8, 4) is 0 Å². The molecular weight excluding hydrogens is 196 g/mol. The van der Waals surface area contributed by atoms with Crippen LogP contribution in [0, 0.1) is 5.41 Å². The topological polar surface area (TPSA) is 6.48 Å². The molecule has 0 aliphatic carbocycles. The van der Waals surface area contributed by atoms with E-state index in [-0.39, 0.29) is 0 Å². The molecule has 2 heterocycles. The monoisotopic (exact) mass is 224 g/mol. The van der Waals surface area contributed by atoms with Gasteiger partial charge in [0, 0.05) is 37.8 Å². The van der Waals surface area contributed by atoms with E-state index in [0.29, 0.717) is 5.41 Å². The summed E-state index contributed by atoms with van der Waals surface area (Å²) < 4.78 is 0. The van der Waals surface area contributed by atoms with Gasteiger partial charge in [-0.2, -0.15) is 0 Å². The second-order valence-electron chi connectivity index (χ2n) is 7.18. The standard InChI is InChI=1S/C14H28N2/c1-11(2)16-12-6-7-13(16)9-15(8-12)10-14(3,4)5/h11-13H,6-10H2,1-5H3. The van der Waals surface area contributed by atoms with Crippen LogP contribution in [-0.2, 0) is 0 Å². The predicted molar refractivity (Wildman–Crippen MR) is 69.7 cm³/mol. The first-order chi connectivity index (χ1) is 7.37. The summed E-state index contributed by atoms with van der Waals surface area (Å²) in [5, 5.41) is 0. The zero-order valence-electron chi connectivity index (χ0n) is 11.7. The van der Waals surface area contributed by atoms with Gasteiger partial charge in [-0.25, -0.2) is 0 Å². The minimum absolute atomic E-state index is 0.444. The highest BCUT2D eigenvalue weighted by Crippen LogP contribution is 2.33. The van der Waals surface area contributed by atoms with E-state index in [4.69, 9.17) is 0 Å². The van der Waals surface area contributed by atoms with Gasteiger partial charge in [0.1, 0.15) is 0 Å². The molecule has 0 radical (unpaired) electrons. The average molecular weight is 224 g/mol. The molecule has 0 spiro atoms. The molecule has 0 aromatic carbocycles. The molecular formula is C14H28N2. The maximum absolute atomic E-state index is 2.76. The molecule has 2 rings (SSSR count). The van der Waals surface area contributed by atoms with Crippen LogP contribution in [0.2, 0.25) is 0 Å². The van der Waals surface area contributed by atoms with E-state index < -0.39 is 0 Å². The highest BCUT2D eigenvalue weighted by Gasteiger charge is 2.41. The maximum Gasteiger partial charge on any atom is 0.0229 e. The molecule has 2 aliphatic rings. The lowest BCUT2D eigenvalue weighted by Gasteiger charge is -2.45. The molecule has 2 atom stereocenters. The normalized spacial score (nSPS) is 32.6. The van der Waals surface area contributed by atoms with Crippen LogP contribution in [0.4, 0.5) is 0 Å². The Balaban J connectivity index is 1.97. The number of hydrogen-bond donors (Lipinski definition) is 0. The molecule has 16 heavy (non-hydrogen) atoms. The zero-order valence-corrected chi connectivity index (χ0v) is 11.7. The molecule has 2 unspecified atom stereocenters. The number of fused-ring (bicyclic) bond motifs is 2. The van der Waals surface area contributed by atoms with E-state index in [0.717, 1.165) is 18.1 Å². The number of rotatable bonds is 2.